The third kappa shape index (κ3) is 2.42. The van der Waals surface area contributed by atoms with Gasteiger partial charge in [-0.3, -0.25) is 0 Å². The molecule has 1 aromatic heterocycles. The Balaban J connectivity index is 2.38. The molecule has 0 aliphatic heterocycles. The second-order valence-electron chi connectivity index (χ2n) is 3.28. The van der Waals surface area contributed by atoms with Crippen molar-refractivity contribution in [2.24, 2.45) is 0 Å². The van der Waals surface area contributed by atoms with Gasteiger partial charge in [0.2, 0.25) is 0 Å². The molecular formula is C10H10BrClN4. The van der Waals surface area contributed by atoms with E-state index in [1.807, 2.05) is 31.4 Å². The highest BCUT2D eigenvalue weighted by Gasteiger charge is 2.06. The number of benzene rings is 1. The quantitative estimate of drug-likeness (QED) is 0.946. The van der Waals surface area contributed by atoms with Crippen molar-refractivity contribution in [3.8, 4) is 5.69 Å². The molecule has 6 heteroatoms. The Morgan fingerprint density at radius 1 is 1.50 bits per heavy atom. The molecule has 84 valence electrons. The normalized spacial score (nSPS) is 10.7. The van der Waals surface area contributed by atoms with E-state index >= 15 is 0 Å². The van der Waals surface area contributed by atoms with Gasteiger partial charge in [0, 0.05) is 11.0 Å². The first-order valence-electron chi connectivity index (χ1n) is 4.72. The van der Waals surface area contributed by atoms with Gasteiger partial charge in [-0.15, -0.1) is 5.10 Å². The van der Waals surface area contributed by atoms with Crippen LogP contribution in [0.5, 0.6) is 0 Å². The first-order chi connectivity index (χ1) is 7.70. The summed E-state index contributed by atoms with van der Waals surface area (Å²) in [4.78, 5) is 0. The van der Waals surface area contributed by atoms with Crippen LogP contribution < -0.4 is 5.32 Å². The van der Waals surface area contributed by atoms with E-state index in [4.69, 9.17) is 11.6 Å². The number of rotatable bonds is 3. The van der Waals surface area contributed by atoms with Gasteiger partial charge in [-0.1, -0.05) is 32.7 Å². The lowest BCUT2D eigenvalue weighted by molar-refractivity contribution is 0.767. The SMILES string of the molecule is CNCc1cn(-c2cc(Br)ccc2Cl)nn1. The summed E-state index contributed by atoms with van der Waals surface area (Å²) < 4.78 is 2.62. The van der Waals surface area contributed by atoms with Gasteiger partial charge in [0.05, 0.1) is 22.6 Å². The Kier molecular flexibility index (Phi) is 3.58. The maximum atomic E-state index is 6.09. The van der Waals surface area contributed by atoms with Gasteiger partial charge >= 0.3 is 0 Å². The highest BCUT2D eigenvalue weighted by atomic mass is 79.9. The zero-order chi connectivity index (χ0) is 11.5. The van der Waals surface area contributed by atoms with E-state index in [1.54, 1.807) is 4.68 Å². The smallest absolute Gasteiger partial charge is 0.0969 e. The summed E-state index contributed by atoms with van der Waals surface area (Å²) in [6.45, 7) is 0.686. The van der Waals surface area contributed by atoms with Crippen LogP contribution in [0.1, 0.15) is 5.69 Å². The predicted molar refractivity (Wildman–Crippen MR) is 66.8 cm³/mol. The summed E-state index contributed by atoms with van der Waals surface area (Å²) in [5, 5.41) is 11.7. The highest BCUT2D eigenvalue weighted by molar-refractivity contribution is 9.10. The standard InChI is InChI=1S/C10H10BrClN4/c1-13-5-8-6-16(15-14-8)10-4-7(11)2-3-9(10)12/h2-4,6,13H,5H2,1H3. The summed E-state index contributed by atoms with van der Waals surface area (Å²) in [7, 11) is 1.87. The number of aromatic nitrogens is 3. The van der Waals surface area contributed by atoms with Crippen molar-refractivity contribution in [2.45, 2.75) is 6.54 Å². The van der Waals surface area contributed by atoms with Crippen LogP contribution in [-0.2, 0) is 6.54 Å². The van der Waals surface area contributed by atoms with Gasteiger partial charge in [-0.05, 0) is 25.2 Å². The minimum Gasteiger partial charge on any atom is -0.314 e. The average Bonchev–Trinajstić information content (AvgIpc) is 2.71. The molecule has 16 heavy (non-hydrogen) atoms. The van der Waals surface area contributed by atoms with E-state index < -0.39 is 0 Å². The zero-order valence-electron chi connectivity index (χ0n) is 8.61. The second kappa shape index (κ2) is 4.95. The summed E-state index contributed by atoms with van der Waals surface area (Å²) in [5.41, 5.74) is 1.68. The van der Waals surface area contributed by atoms with E-state index in [0.29, 0.717) is 11.6 Å². The fourth-order valence-electron chi connectivity index (χ4n) is 1.34. The molecule has 0 aliphatic rings. The summed E-state index contributed by atoms with van der Waals surface area (Å²) >= 11 is 9.49. The van der Waals surface area contributed by atoms with Crippen molar-refractivity contribution in [1.82, 2.24) is 20.3 Å². The minimum absolute atomic E-state index is 0.643. The molecule has 0 unspecified atom stereocenters. The molecule has 2 rings (SSSR count). The van der Waals surface area contributed by atoms with Crippen LogP contribution in [-0.4, -0.2) is 22.0 Å². The van der Waals surface area contributed by atoms with E-state index in [0.717, 1.165) is 15.9 Å². The van der Waals surface area contributed by atoms with Gasteiger partial charge in [-0.25, -0.2) is 4.68 Å². The largest absolute Gasteiger partial charge is 0.314 e. The van der Waals surface area contributed by atoms with E-state index in [1.165, 1.54) is 0 Å². The Morgan fingerprint density at radius 3 is 3.06 bits per heavy atom. The molecule has 1 heterocycles. The lowest BCUT2D eigenvalue weighted by Gasteiger charge is -2.03. The van der Waals surface area contributed by atoms with Crippen molar-refractivity contribution in [2.75, 3.05) is 7.05 Å². The van der Waals surface area contributed by atoms with Crippen LogP contribution in [0.15, 0.2) is 28.9 Å². The Hall–Kier alpha value is -0.910. The van der Waals surface area contributed by atoms with Crippen LogP contribution in [0.2, 0.25) is 5.02 Å². The Labute approximate surface area is 107 Å². The van der Waals surface area contributed by atoms with Crippen LogP contribution in [0.3, 0.4) is 0 Å². The third-order valence-corrected chi connectivity index (χ3v) is 2.87. The summed E-state index contributed by atoms with van der Waals surface area (Å²) in [6.07, 6.45) is 1.85. The van der Waals surface area contributed by atoms with Crippen molar-refractivity contribution in [3.63, 3.8) is 0 Å². The second-order valence-corrected chi connectivity index (χ2v) is 4.60. The van der Waals surface area contributed by atoms with Crippen LogP contribution in [0.25, 0.3) is 5.69 Å². The molecule has 0 fully saturated rings. The molecule has 0 radical (unpaired) electrons. The molecular weight excluding hydrogens is 291 g/mol. The van der Waals surface area contributed by atoms with Crippen LogP contribution >= 0.6 is 27.5 Å². The number of hydrogen-bond acceptors (Lipinski definition) is 3. The third-order valence-electron chi connectivity index (χ3n) is 2.05. The maximum absolute atomic E-state index is 6.09. The topological polar surface area (TPSA) is 42.7 Å². The number of nitrogens with one attached hydrogen (secondary N) is 1. The molecule has 2 aromatic rings. The summed E-state index contributed by atoms with van der Waals surface area (Å²) in [6, 6.07) is 5.61. The summed E-state index contributed by atoms with van der Waals surface area (Å²) in [5.74, 6) is 0. The molecule has 0 saturated carbocycles. The fourth-order valence-corrected chi connectivity index (χ4v) is 1.89. The minimum atomic E-state index is 0.643. The van der Waals surface area contributed by atoms with Crippen molar-refractivity contribution >= 4 is 27.5 Å². The van der Waals surface area contributed by atoms with Gasteiger partial charge < -0.3 is 5.32 Å². The van der Waals surface area contributed by atoms with Crippen molar-refractivity contribution < 1.29 is 0 Å². The molecule has 0 spiro atoms. The van der Waals surface area contributed by atoms with Crippen molar-refractivity contribution in [3.05, 3.63) is 39.6 Å². The Bertz CT molecular complexity index is 497. The van der Waals surface area contributed by atoms with Crippen LogP contribution in [0.4, 0.5) is 0 Å². The molecule has 0 bridgehead atoms. The monoisotopic (exact) mass is 300 g/mol. The number of hydrogen-bond donors (Lipinski definition) is 1. The number of halogens is 2. The van der Waals surface area contributed by atoms with Crippen LogP contribution in [0, 0.1) is 0 Å². The van der Waals surface area contributed by atoms with Gasteiger partial charge in [-0.2, -0.15) is 0 Å². The van der Waals surface area contributed by atoms with E-state index in [9.17, 15) is 0 Å². The Morgan fingerprint density at radius 2 is 2.31 bits per heavy atom. The first kappa shape index (κ1) is 11.6. The average molecular weight is 302 g/mol. The molecule has 0 saturated heterocycles. The molecule has 0 amide bonds. The van der Waals surface area contributed by atoms with Gasteiger partial charge in [0.1, 0.15) is 0 Å². The fraction of sp³-hybridized carbons (Fsp3) is 0.200. The predicted octanol–water partition coefficient (Wildman–Crippen LogP) is 2.40. The first-order valence-corrected chi connectivity index (χ1v) is 5.89. The van der Waals surface area contributed by atoms with Crippen molar-refractivity contribution in [1.29, 1.82) is 0 Å². The maximum Gasteiger partial charge on any atom is 0.0969 e. The molecule has 1 aromatic carbocycles. The van der Waals surface area contributed by atoms with Gasteiger partial charge in [0.25, 0.3) is 0 Å². The number of nitrogens with zero attached hydrogens (tertiary/aromatic N) is 3. The highest BCUT2D eigenvalue weighted by Crippen LogP contribution is 2.23. The van der Waals surface area contributed by atoms with E-state index in [2.05, 4.69) is 31.6 Å². The molecule has 0 aliphatic carbocycles. The molecule has 0 atom stereocenters. The lowest BCUT2D eigenvalue weighted by atomic mass is 10.3. The zero-order valence-corrected chi connectivity index (χ0v) is 11.0. The van der Waals surface area contributed by atoms with Gasteiger partial charge in [0.15, 0.2) is 0 Å². The lowest BCUT2D eigenvalue weighted by Crippen LogP contribution is -2.05. The molecule has 1 N–H and O–H groups in total. The van der Waals surface area contributed by atoms with E-state index in [-0.39, 0.29) is 0 Å². The molecule has 4 nitrogen and oxygen atoms in total.